The van der Waals surface area contributed by atoms with E-state index in [2.05, 4.69) is 4.98 Å². The molecular weight excluding hydrogens is 425 g/mol. The molecule has 2 heterocycles. The number of carbonyl (C=O) groups excluding carboxylic acids is 2. The first kappa shape index (κ1) is 20.5. The monoisotopic (exact) mass is 443 g/mol. The van der Waals surface area contributed by atoms with Crippen LogP contribution in [0.1, 0.15) is 26.4 Å². The Morgan fingerprint density at radius 3 is 2.27 bits per heavy atom. The molecule has 0 atom stereocenters. The molecule has 8 heteroatoms. The summed E-state index contributed by atoms with van der Waals surface area (Å²) in [7, 11) is 0. The number of nitrogens with zero attached hydrogens (tertiary/aromatic N) is 3. The van der Waals surface area contributed by atoms with Gasteiger partial charge < -0.3 is 9.80 Å². The van der Waals surface area contributed by atoms with E-state index in [4.69, 9.17) is 11.6 Å². The molecule has 0 unspecified atom stereocenters. The average Bonchev–Trinajstić information content (AvgIpc) is 3.24. The number of hydrogen-bond donors (Lipinski definition) is 0. The van der Waals surface area contributed by atoms with E-state index in [0.717, 1.165) is 16.6 Å². The molecule has 5 nitrogen and oxygen atoms in total. The first-order valence-electron chi connectivity index (χ1n) is 9.48. The van der Waals surface area contributed by atoms with Gasteiger partial charge in [-0.1, -0.05) is 41.4 Å². The fourth-order valence-corrected chi connectivity index (χ4v) is 4.36. The molecule has 0 bridgehead atoms. The number of hydrogen-bond acceptors (Lipinski definition) is 4. The van der Waals surface area contributed by atoms with Crippen LogP contribution in [-0.4, -0.2) is 52.8 Å². The third kappa shape index (κ3) is 4.22. The van der Waals surface area contributed by atoms with Crippen molar-refractivity contribution in [1.29, 1.82) is 0 Å². The third-order valence-corrected chi connectivity index (χ3v) is 6.24. The number of rotatable bonds is 3. The van der Waals surface area contributed by atoms with Crippen molar-refractivity contribution in [3.05, 3.63) is 75.5 Å². The molecule has 0 saturated carbocycles. The molecule has 2 aromatic carbocycles. The maximum atomic E-state index is 13.2. The largest absolute Gasteiger partial charge is 0.335 e. The van der Waals surface area contributed by atoms with Gasteiger partial charge in [0.25, 0.3) is 11.8 Å². The molecule has 0 radical (unpaired) electrons. The van der Waals surface area contributed by atoms with Crippen LogP contribution in [0, 0.1) is 12.7 Å². The van der Waals surface area contributed by atoms with Crippen molar-refractivity contribution in [3.63, 3.8) is 0 Å². The molecule has 0 spiro atoms. The van der Waals surface area contributed by atoms with Gasteiger partial charge in [-0.25, -0.2) is 9.37 Å². The molecule has 4 rings (SSSR count). The Balaban J connectivity index is 1.40. The van der Waals surface area contributed by atoms with E-state index < -0.39 is 5.82 Å². The van der Waals surface area contributed by atoms with Crippen LogP contribution < -0.4 is 0 Å². The van der Waals surface area contributed by atoms with Crippen LogP contribution in [0.4, 0.5) is 4.39 Å². The predicted molar refractivity (Wildman–Crippen MR) is 116 cm³/mol. The van der Waals surface area contributed by atoms with Crippen molar-refractivity contribution >= 4 is 34.8 Å². The Labute approximate surface area is 182 Å². The number of aryl methyl sites for hydroxylation is 1. The molecule has 1 aliphatic heterocycles. The molecule has 2 amide bonds. The lowest BCUT2D eigenvalue weighted by Gasteiger charge is -2.34. The SMILES string of the molecule is Cc1ccc(-c2nc(C(=O)N3CCN(C(=O)c4ccc(F)cc4Cl)CC3)cs2)cc1. The number of thiazole rings is 1. The molecule has 0 N–H and O–H groups in total. The summed E-state index contributed by atoms with van der Waals surface area (Å²) in [5, 5.41) is 2.66. The summed E-state index contributed by atoms with van der Waals surface area (Å²) in [6, 6.07) is 11.7. The van der Waals surface area contributed by atoms with Crippen LogP contribution in [0.25, 0.3) is 10.6 Å². The van der Waals surface area contributed by atoms with Crippen molar-refractivity contribution < 1.29 is 14.0 Å². The molecule has 154 valence electrons. The standard InChI is InChI=1S/C22H19ClFN3O2S/c1-14-2-4-15(5-3-14)20-25-19(13-30-20)22(29)27-10-8-26(9-11-27)21(28)17-7-6-16(24)12-18(17)23/h2-7,12-13H,8-11H2,1H3. The van der Waals surface area contributed by atoms with E-state index in [1.807, 2.05) is 31.2 Å². The summed E-state index contributed by atoms with van der Waals surface area (Å²) in [6.45, 7) is 3.59. The van der Waals surface area contributed by atoms with Gasteiger partial charge in [-0.2, -0.15) is 0 Å². The zero-order valence-corrected chi connectivity index (χ0v) is 17.8. The van der Waals surface area contributed by atoms with Crippen LogP contribution >= 0.6 is 22.9 Å². The second-order valence-electron chi connectivity index (χ2n) is 7.11. The highest BCUT2D eigenvalue weighted by atomic mass is 35.5. The Morgan fingerprint density at radius 2 is 1.63 bits per heavy atom. The predicted octanol–water partition coefficient (Wildman–Crippen LogP) is 4.51. The van der Waals surface area contributed by atoms with Crippen molar-refractivity contribution in [2.24, 2.45) is 0 Å². The lowest BCUT2D eigenvalue weighted by molar-refractivity contribution is 0.0533. The molecule has 30 heavy (non-hydrogen) atoms. The fraction of sp³-hybridized carbons (Fsp3) is 0.227. The van der Waals surface area contributed by atoms with Gasteiger partial charge in [-0.3, -0.25) is 9.59 Å². The van der Waals surface area contributed by atoms with Gasteiger partial charge in [0.05, 0.1) is 10.6 Å². The highest BCUT2D eigenvalue weighted by Gasteiger charge is 2.27. The Bertz CT molecular complexity index is 1090. The van der Waals surface area contributed by atoms with Gasteiger partial charge in [0.1, 0.15) is 16.5 Å². The Hall–Kier alpha value is -2.77. The van der Waals surface area contributed by atoms with Crippen LogP contribution in [0.3, 0.4) is 0 Å². The van der Waals surface area contributed by atoms with E-state index in [1.54, 1.807) is 15.2 Å². The maximum absolute atomic E-state index is 13.2. The van der Waals surface area contributed by atoms with Gasteiger partial charge in [-0.15, -0.1) is 11.3 Å². The van der Waals surface area contributed by atoms with Crippen molar-refractivity contribution in [2.45, 2.75) is 6.92 Å². The summed E-state index contributed by atoms with van der Waals surface area (Å²) < 4.78 is 13.2. The van der Waals surface area contributed by atoms with Gasteiger partial charge in [0.2, 0.25) is 0 Å². The van der Waals surface area contributed by atoms with Gasteiger partial charge in [0.15, 0.2) is 0 Å². The van der Waals surface area contributed by atoms with Gasteiger partial charge in [0, 0.05) is 37.1 Å². The zero-order chi connectivity index (χ0) is 21.3. The molecule has 1 aliphatic rings. The smallest absolute Gasteiger partial charge is 0.273 e. The minimum absolute atomic E-state index is 0.0876. The highest BCUT2D eigenvalue weighted by Crippen LogP contribution is 2.25. The van der Waals surface area contributed by atoms with Crippen LogP contribution in [0.2, 0.25) is 5.02 Å². The second kappa shape index (κ2) is 8.53. The number of amides is 2. The van der Waals surface area contributed by atoms with E-state index in [1.165, 1.54) is 29.0 Å². The average molecular weight is 444 g/mol. The van der Waals surface area contributed by atoms with Crippen molar-refractivity contribution in [3.8, 4) is 10.6 Å². The molecule has 1 saturated heterocycles. The van der Waals surface area contributed by atoms with E-state index in [0.29, 0.717) is 31.9 Å². The fourth-order valence-electron chi connectivity index (χ4n) is 3.31. The van der Waals surface area contributed by atoms with Gasteiger partial charge in [-0.05, 0) is 25.1 Å². The van der Waals surface area contributed by atoms with Crippen LogP contribution in [-0.2, 0) is 0 Å². The summed E-state index contributed by atoms with van der Waals surface area (Å²) in [6.07, 6.45) is 0. The van der Waals surface area contributed by atoms with E-state index in [-0.39, 0.29) is 22.4 Å². The van der Waals surface area contributed by atoms with Crippen molar-refractivity contribution in [1.82, 2.24) is 14.8 Å². The lowest BCUT2D eigenvalue weighted by Crippen LogP contribution is -2.50. The number of benzene rings is 2. The topological polar surface area (TPSA) is 53.5 Å². The van der Waals surface area contributed by atoms with Crippen LogP contribution in [0.5, 0.6) is 0 Å². The zero-order valence-electron chi connectivity index (χ0n) is 16.3. The molecule has 0 aliphatic carbocycles. The molecule has 3 aromatic rings. The minimum atomic E-state index is -0.486. The number of piperazine rings is 1. The molecule has 1 aromatic heterocycles. The Kier molecular flexibility index (Phi) is 5.83. The number of halogens is 2. The van der Waals surface area contributed by atoms with Crippen molar-refractivity contribution in [2.75, 3.05) is 26.2 Å². The first-order chi connectivity index (χ1) is 14.4. The minimum Gasteiger partial charge on any atom is -0.335 e. The van der Waals surface area contributed by atoms with E-state index >= 15 is 0 Å². The second-order valence-corrected chi connectivity index (χ2v) is 8.38. The first-order valence-corrected chi connectivity index (χ1v) is 10.7. The summed E-state index contributed by atoms with van der Waals surface area (Å²) in [5.74, 6) is -0.890. The third-order valence-electron chi connectivity index (χ3n) is 5.04. The number of carbonyl (C=O) groups is 2. The van der Waals surface area contributed by atoms with Crippen LogP contribution in [0.15, 0.2) is 47.8 Å². The lowest BCUT2D eigenvalue weighted by atomic mass is 10.1. The van der Waals surface area contributed by atoms with Gasteiger partial charge >= 0.3 is 0 Å². The highest BCUT2D eigenvalue weighted by molar-refractivity contribution is 7.13. The summed E-state index contributed by atoms with van der Waals surface area (Å²) in [4.78, 5) is 33.3. The normalized spacial score (nSPS) is 14.1. The summed E-state index contributed by atoms with van der Waals surface area (Å²) >= 11 is 7.44. The quantitative estimate of drug-likeness (QED) is 0.598. The Morgan fingerprint density at radius 1 is 1.00 bits per heavy atom. The maximum Gasteiger partial charge on any atom is 0.273 e. The summed E-state index contributed by atoms with van der Waals surface area (Å²) in [5.41, 5.74) is 2.83. The molecular formula is C22H19ClFN3O2S. The van der Waals surface area contributed by atoms with E-state index in [9.17, 15) is 14.0 Å². The number of aromatic nitrogens is 1. The molecule has 1 fully saturated rings.